The smallest absolute Gasteiger partial charge is 0.258 e. The summed E-state index contributed by atoms with van der Waals surface area (Å²) in [6, 6.07) is 14.2. The number of benzene rings is 2. The van der Waals surface area contributed by atoms with Crippen molar-refractivity contribution < 1.29 is 18.7 Å². The number of halogens is 1. The van der Waals surface area contributed by atoms with Crippen molar-refractivity contribution in [3.05, 3.63) is 66.0 Å². The zero-order valence-electron chi connectivity index (χ0n) is 12.4. The minimum absolute atomic E-state index is 0.168. The maximum Gasteiger partial charge on any atom is 0.258 e. The van der Waals surface area contributed by atoms with Crippen molar-refractivity contribution >= 4 is 11.8 Å². The Morgan fingerprint density at radius 3 is 2.26 bits per heavy atom. The highest BCUT2D eigenvalue weighted by atomic mass is 19.1. The number of carbonyl (C=O) groups is 2. The fourth-order valence-corrected chi connectivity index (χ4v) is 1.80. The van der Waals surface area contributed by atoms with Gasteiger partial charge >= 0.3 is 0 Å². The summed E-state index contributed by atoms with van der Waals surface area (Å²) in [6.07, 6.45) is 0. The Morgan fingerprint density at radius 2 is 1.57 bits per heavy atom. The molecule has 2 rings (SSSR count). The van der Waals surface area contributed by atoms with E-state index < -0.39 is 0 Å². The van der Waals surface area contributed by atoms with Gasteiger partial charge in [-0.3, -0.25) is 9.59 Å². The molecule has 0 aliphatic rings. The molecule has 2 aromatic carbocycles. The van der Waals surface area contributed by atoms with Gasteiger partial charge in [0.05, 0.1) is 0 Å². The Balaban J connectivity index is 1.61. The lowest BCUT2D eigenvalue weighted by Gasteiger charge is -2.08. The molecule has 0 spiro atoms. The predicted molar refractivity (Wildman–Crippen MR) is 83.7 cm³/mol. The van der Waals surface area contributed by atoms with Gasteiger partial charge in [-0.2, -0.15) is 0 Å². The van der Waals surface area contributed by atoms with Gasteiger partial charge in [0.1, 0.15) is 11.6 Å². The van der Waals surface area contributed by atoms with Crippen molar-refractivity contribution in [2.75, 3.05) is 19.7 Å². The molecule has 2 aromatic rings. The second kappa shape index (κ2) is 8.53. The van der Waals surface area contributed by atoms with Crippen LogP contribution in [0.5, 0.6) is 5.75 Å². The monoisotopic (exact) mass is 316 g/mol. The number of ether oxygens (including phenoxy) is 1. The fraction of sp³-hybridized carbons (Fsp3) is 0.176. The van der Waals surface area contributed by atoms with Crippen LogP contribution in [0.3, 0.4) is 0 Å². The average molecular weight is 316 g/mol. The third-order valence-corrected chi connectivity index (χ3v) is 2.95. The van der Waals surface area contributed by atoms with Gasteiger partial charge in [-0.25, -0.2) is 4.39 Å². The molecule has 0 saturated carbocycles. The predicted octanol–water partition coefficient (Wildman–Crippen LogP) is 1.75. The summed E-state index contributed by atoms with van der Waals surface area (Å²) in [4.78, 5) is 23.3. The summed E-state index contributed by atoms with van der Waals surface area (Å²) in [5.74, 6) is -0.458. The van der Waals surface area contributed by atoms with E-state index in [1.165, 1.54) is 24.3 Å². The zero-order chi connectivity index (χ0) is 16.5. The van der Waals surface area contributed by atoms with Gasteiger partial charge in [-0.15, -0.1) is 0 Å². The molecule has 0 aliphatic heterocycles. The highest BCUT2D eigenvalue weighted by molar-refractivity contribution is 5.94. The number of hydrogen-bond donors (Lipinski definition) is 2. The first kappa shape index (κ1) is 16.5. The van der Waals surface area contributed by atoms with Crippen LogP contribution in [-0.2, 0) is 4.79 Å². The average Bonchev–Trinajstić information content (AvgIpc) is 2.59. The molecule has 0 unspecified atom stereocenters. The molecule has 0 radical (unpaired) electrons. The van der Waals surface area contributed by atoms with Crippen LogP contribution in [0.1, 0.15) is 10.4 Å². The highest BCUT2D eigenvalue weighted by Gasteiger charge is 2.05. The van der Waals surface area contributed by atoms with E-state index in [1.54, 1.807) is 24.3 Å². The van der Waals surface area contributed by atoms with E-state index in [0.29, 0.717) is 24.4 Å². The molecule has 0 aliphatic carbocycles. The van der Waals surface area contributed by atoms with Crippen molar-refractivity contribution in [1.29, 1.82) is 0 Å². The SMILES string of the molecule is O=C(COc1ccc(F)cc1)NCCNC(=O)c1ccccc1. The summed E-state index contributed by atoms with van der Waals surface area (Å²) in [5.41, 5.74) is 0.568. The second-order valence-corrected chi connectivity index (χ2v) is 4.71. The summed E-state index contributed by atoms with van der Waals surface area (Å²) in [5, 5.41) is 5.32. The summed E-state index contributed by atoms with van der Waals surface area (Å²) >= 11 is 0. The topological polar surface area (TPSA) is 67.4 Å². The molecule has 0 bridgehead atoms. The van der Waals surface area contributed by atoms with Crippen LogP contribution in [0.15, 0.2) is 54.6 Å². The third kappa shape index (κ3) is 5.78. The Bertz CT molecular complexity index is 645. The van der Waals surface area contributed by atoms with E-state index in [4.69, 9.17) is 4.74 Å². The maximum absolute atomic E-state index is 12.7. The third-order valence-electron chi connectivity index (χ3n) is 2.95. The van der Waals surface area contributed by atoms with Crippen LogP contribution in [0.25, 0.3) is 0 Å². The molecule has 2 amide bonds. The van der Waals surface area contributed by atoms with Gasteiger partial charge in [-0.05, 0) is 36.4 Å². The van der Waals surface area contributed by atoms with Crippen LogP contribution >= 0.6 is 0 Å². The van der Waals surface area contributed by atoms with Gasteiger partial charge in [0.15, 0.2) is 6.61 Å². The molecule has 5 nitrogen and oxygen atoms in total. The van der Waals surface area contributed by atoms with Gasteiger partial charge in [0.25, 0.3) is 11.8 Å². The molecule has 23 heavy (non-hydrogen) atoms. The first-order valence-corrected chi connectivity index (χ1v) is 7.13. The quantitative estimate of drug-likeness (QED) is 0.765. The molecule has 6 heteroatoms. The Morgan fingerprint density at radius 1 is 0.913 bits per heavy atom. The van der Waals surface area contributed by atoms with Gasteiger partial charge in [0.2, 0.25) is 0 Å². The van der Waals surface area contributed by atoms with Crippen molar-refractivity contribution in [3.8, 4) is 5.75 Å². The summed E-state index contributed by atoms with van der Waals surface area (Å²) < 4.78 is 17.9. The van der Waals surface area contributed by atoms with E-state index in [-0.39, 0.29) is 24.2 Å². The Labute approximate surface area is 133 Å². The van der Waals surface area contributed by atoms with Crippen LogP contribution in [0.2, 0.25) is 0 Å². The van der Waals surface area contributed by atoms with E-state index in [0.717, 1.165) is 0 Å². The first-order valence-electron chi connectivity index (χ1n) is 7.13. The lowest BCUT2D eigenvalue weighted by Crippen LogP contribution is -2.36. The molecule has 2 N–H and O–H groups in total. The van der Waals surface area contributed by atoms with E-state index in [1.807, 2.05) is 6.07 Å². The van der Waals surface area contributed by atoms with Crippen LogP contribution in [-0.4, -0.2) is 31.5 Å². The zero-order valence-corrected chi connectivity index (χ0v) is 12.4. The number of carbonyl (C=O) groups excluding carboxylic acids is 2. The largest absolute Gasteiger partial charge is 0.484 e. The van der Waals surface area contributed by atoms with Crippen LogP contribution < -0.4 is 15.4 Å². The summed E-state index contributed by atoms with van der Waals surface area (Å²) in [7, 11) is 0. The van der Waals surface area contributed by atoms with Crippen molar-refractivity contribution in [1.82, 2.24) is 10.6 Å². The number of rotatable bonds is 7. The molecule has 0 saturated heterocycles. The van der Waals surface area contributed by atoms with E-state index in [2.05, 4.69) is 10.6 Å². The molecular weight excluding hydrogens is 299 g/mol. The standard InChI is InChI=1S/C17H17FN2O3/c18-14-6-8-15(9-7-14)23-12-16(21)19-10-11-20-17(22)13-4-2-1-3-5-13/h1-9H,10-12H2,(H,19,21)(H,20,22). The maximum atomic E-state index is 12.7. The minimum Gasteiger partial charge on any atom is -0.484 e. The number of nitrogens with one attached hydrogen (secondary N) is 2. The molecule has 0 aromatic heterocycles. The highest BCUT2D eigenvalue weighted by Crippen LogP contribution is 2.10. The molecular formula is C17H17FN2O3. The van der Waals surface area contributed by atoms with Crippen molar-refractivity contribution in [3.63, 3.8) is 0 Å². The van der Waals surface area contributed by atoms with E-state index in [9.17, 15) is 14.0 Å². The van der Waals surface area contributed by atoms with Gasteiger partial charge in [-0.1, -0.05) is 18.2 Å². The molecule has 0 atom stereocenters. The lowest BCUT2D eigenvalue weighted by atomic mass is 10.2. The summed E-state index contributed by atoms with van der Waals surface area (Å²) in [6.45, 7) is 0.443. The minimum atomic E-state index is -0.365. The number of hydrogen-bond acceptors (Lipinski definition) is 3. The van der Waals surface area contributed by atoms with Gasteiger partial charge < -0.3 is 15.4 Å². The molecule has 0 heterocycles. The van der Waals surface area contributed by atoms with Crippen molar-refractivity contribution in [2.45, 2.75) is 0 Å². The second-order valence-electron chi connectivity index (χ2n) is 4.71. The van der Waals surface area contributed by atoms with Crippen LogP contribution in [0, 0.1) is 5.82 Å². The van der Waals surface area contributed by atoms with Crippen molar-refractivity contribution in [2.24, 2.45) is 0 Å². The molecule has 120 valence electrons. The first-order chi connectivity index (χ1) is 11.1. The fourth-order valence-electron chi connectivity index (χ4n) is 1.80. The molecule has 0 fully saturated rings. The Hall–Kier alpha value is -2.89. The van der Waals surface area contributed by atoms with E-state index >= 15 is 0 Å². The lowest BCUT2D eigenvalue weighted by molar-refractivity contribution is -0.123. The number of amides is 2. The normalized spacial score (nSPS) is 9.96. The van der Waals surface area contributed by atoms with Crippen LogP contribution in [0.4, 0.5) is 4.39 Å². The van der Waals surface area contributed by atoms with Gasteiger partial charge in [0, 0.05) is 18.7 Å². The Kier molecular flexibility index (Phi) is 6.11.